The molecule has 6 aromatic rings. The van der Waals surface area contributed by atoms with Gasteiger partial charge in [-0.25, -0.2) is 0 Å². The highest BCUT2D eigenvalue weighted by molar-refractivity contribution is 7.86. The van der Waals surface area contributed by atoms with Gasteiger partial charge in [0.2, 0.25) is 0 Å². The van der Waals surface area contributed by atoms with E-state index in [0.717, 1.165) is 36.8 Å². The van der Waals surface area contributed by atoms with E-state index in [1.54, 1.807) is 24.3 Å². The number of hydrogen-bond donors (Lipinski definition) is 6. The number of ether oxygens (including phenoxy) is 3. The lowest BCUT2D eigenvalue weighted by Gasteiger charge is -2.14. The van der Waals surface area contributed by atoms with Crippen molar-refractivity contribution in [2.24, 2.45) is 10.2 Å². The SMILES string of the molecule is CCCCCCCCCCCCOc1cccc(OCCCCNC(=O)c2cc(OCC(=O)Nc3ccc(N=Nc4c(O)c(S(=O)(=O)O)cc5cc(S(=O)(=O)O)ccc45)cc3)c3ccccc3c2O)c1. The van der Waals surface area contributed by atoms with Crippen molar-refractivity contribution >= 4 is 70.7 Å². The monoisotopic (exact) mass is 998 g/mol. The first-order chi connectivity index (χ1) is 33.6. The zero-order valence-corrected chi connectivity index (χ0v) is 40.4. The Bertz CT molecular complexity index is 3020. The molecule has 6 N–H and O–H groups in total. The van der Waals surface area contributed by atoms with Crippen molar-refractivity contribution in [3.63, 3.8) is 0 Å². The van der Waals surface area contributed by atoms with Gasteiger partial charge in [-0.05, 0) is 85.3 Å². The molecule has 0 saturated carbocycles. The molecule has 17 nitrogen and oxygen atoms in total. The quantitative estimate of drug-likeness (QED) is 0.0160. The molecule has 0 fully saturated rings. The maximum Gasteiger partial charge on any atom is 0.298 e. The van der Waals surface area contributed by atoms with Gasteiger partial charge in [0.1, 0.15) is 33.6 Å². The average molecular weight is 999 g/mol. The number of nitrogens with zero attached hydrogens (tertiary/aromatic N) is 2. The summed E-state index contributed by atoms with van der Waals surface area (Å²) >= 11 is 0. The second-order valence-corrected chi connectivity index (χ2v) is 19.4. The highest BCUT2D eigenvalue weighted by atomic mass is 32.2. The van der Waals surface area contributed by atoms with Crippen LogP contribution >= 0.6 is 0 Å². The predicted octanol–water partition coefficient (Wildman–Crippen LogP) is 11.2. The van der Waals surface area contributed by atoms with E-state index in [9.17, 15) is 45.7 Å². The van der Waals surface area contributed by atoms with Crippen LogP contribution in [0.25, 0.3) is 21.5 Å². The van der Waals surface area contributed by atoms with Gasteiger partial charge in [0.25, 0.3) is 32.1 Å². The Kier molecular flexibility index (Phi) is 18.9. The summed E-state index contributed by atoms with van der Waals surface area (Å²) in [6.45, 7) is 3.18. The van der Waals surface area contributed by atoms with E-state index in [2.05, 4.69) is 27.8 Å². The highest BCUT2D eigenvalue weighted by Gasteiger charge is 2.23. The Morgan fingerprint density at radius 3 is 1.87 bits per heavy atom. The van der Waals surface area contributed by atoms with Gasteiger partial charge < -0.3 is 35.1 Å². The number of anilines is 1. The Hall–Kier alpha value is -6.80. The number of carbonyl (C=O) groups is 2. The number of aromatic hydroxyl groups is 2. The number of amides is 2. The van der Waals surface area contributed by atoms with E-state index in [1.807, 2.05) is 24.3 Å². The molecule has 2 amide bonds. The van der Waals surface area contributed by atoms with Crippen LogP contribution in [0.2, 0.25) is 0 Å². The van der Waals surface area contributed by atoms with Crippen LogP contribution in [-0.4, -0.2) is 74.3 Å². The summed E-state index contributed by atoms with van der Waals surface area (Å²) in [6.07, 6.45) is 13.9. The number of hydrogen-bond acceptors (Lipinski definition) is 13. The number of fused-ring (bicyclic) bond motifs is 2. The lowest BCUT2D eigenvalue weighted by Crippen LogP contribution is -2.25. The standard InChI is InChI=1S/C51H58N4O13S2/c1-2-3-4-5-6-7-8-9-10-14-28-66-38-17-16-18-39(32-38)67-29-15-13-27-52-51(59)44-33-45(42-19-11-12-20-43(42)49(44)57)68-34-47(56)53-36-21-23-37(24-22-36)54-55-48-41-26-25-40(69(60,61)62)30-35(41)31-46(50(48)58)70(63,64)65/h11-12,16-26,30-33,57-58H,2-10,13-15,27-29,34H2,1H3,(H,52,59)(H,53,56)(H,60,61,62)(H,63,64,65). The minimum atomic E-state index is -5.01. The first kappa shape index (κ1) is 52.6. The Morgan fingerprint density at radius 2 is 1.23 bits per heavy atom. The number of carbonyl (C=O) groups excluding carboxylic acids is 2. The van der Waals surface area contributed by atoms with Gasteiger partial charge in [-0.2, -0.15) is 21.9 Å². The largest absolute Gasteiger partial charge is 0.506 e. The molecule has 0 bridgehead atoms. The molecule has 0 aliphatic rings. The zero-order valence-electron chi connectivity index (χ0n) is 38.8. The minimum absolute atomic E-state index is 0.0291. The summed E-state index contributed by atoms with van der Waals surface area (Å²) in [6, 6.07) is 25.5. The van der Waals surface area contributed by atoms with Crippen molar-refractivity contribution in [3.8, 4) is 28.7 Å². The molecule has 0 aromatic heterocycles. The van der Waals surface area contributed by atoms with Gasteiger partial charge in [0.05, 0.1) is 29.4 Å². The van der Waals surface area contributed by atoms with Crippen molar-refractivity contribution in [1.29, 1.82) is 0 Å². The molecule has 372 valence electrons. The Labute approximate surface area is 407 Å². The van der Waals surface area contributed by atoms with Gasteiger partial charge in [0.15, 0.2) is 12.4 Å². The van der Waals surface area contributed by atoms with Crippen LogP contribution in [0.1, 0.15) is 94.3 Å². The van der Waals surface area contributed by atoms with Crippen LogP contribution in [0, 0.1) is 0 Å². The lowest BCUT2D eigenvalue weighted by atomic mass is 10.0. The smallest absolute Gasteiger partial charge is 0.298 e. The van der Waals surface area contributed by atoms with Crippen molar-refractivity contribution in [1.82, 2.24) is 5.32 Å². The van der Waals surface area contributed by atoms with Crippen molar-refractivity contribution in [2.45, 2.75) is 93.8 Å². The molecule has 0 atom stereocenters. The van der Waals surface area contributed by atoms with Crippen molar-refractivity contribution in [2.75, 3.05) is 31.7 Å². The van der Waals surface area contributed by atoms with Crippen LogP contribution in [0.3, 0.4) is 0 Å². The van der Waals surface area contributed by atoms with Gasteiger partial charge in [-0.1, -0.05) is 101 Å². The highest BCUT2D eigenvalue weighted by Crippen LogP contribution is 2.42. The van der Waals surface area contributed by atoms with Crippen LogP contribution in [0.4, 0.5) is 17.1 Å². The molecule has 0 aliphatic heterocycles. The second kappa shape index (κ2) is 25.2. The number of unbranched alkanes of at least 4 members (excludes halogenated alkanes) is 10. The predicted molar refractivity (Wildman–Crippen MR) is 266 cm³/mol. The third kappa shape index (κ3) is 15.1. The average Bonchev–Trinajstić information content (AvgIpc) is 3.33. The summed E-state index contributed by atoms with van der Waals surface area (Å²) in [5, 5.41) is 36.1. The molecule has 6 rings (SSSR count). The number of phenols is 2. The maximum absolute atomic E-state index is 13.3. The molecule has 0 aliphatic carbocycles. The van der Waals surface area contributed by atoms with Crippen LogP contribution < -0.4 is 24.8 Å². The molecule has 70 heavy (non-hydrogen) atoms. The third-order valence-electron chi connectivity index (χ3n) is 11.3. The number of phenolic OH excluding ortho intramolecular Hbond substituents is 2. The van der Waals surface area contributed by atoms with E-state index in [1.165, 1.54) is 87.8 Å². The van der Waals surface area contributed by atoms with Gasteiger partial charge in [-0.15, -0.1) is 5.11 Å². The van der Waals surface area contributed by atoms with Crippen molar-refractivity contribution < 1.29 is 60.0 Å². The zero-order chi connectivity index (χ0) is 50.1. The number of azo groups is 1. The van der Waals surface area contributed by atoms with Crippen LogP contribution in [0.15, 0.2) is 123 Å². The second-order valence-electron chi connectivity index (χ2n) is 16.6. The van der Waals surface area contributed by atoms with E-state index in [4.69, 9.17) is 14.2 Å². The molecule has 6 aromatic carbocycles. The van der Waals surface area contributed by atoms with Crippen LogP contribution in [-0.2, 0) is 25.0 Å². The van der Waals surface area contributed by atoms with Crippen LogP contribution in [0.5, 0.6) is 28.7 Å². The topological polar surface area (TPSA) is 260 Å². The van der Waals surface area contributed by atoms with E-state index in [0.29, 0.717) is 54.8 Å². The Balaban J connectivity index is 0.970. The number of benzene rings is 6. The fourth-order valence-corrected chi connectivity index (χ4v) is 8.75. The molecule has 0 radical (unpaired) electrons. The first-order valence-electron chi connectivity index (χ1n) is 23.2. The van der Waals surface area contributed by atoms with Gasteiger partial charge in [0, 0.05) is 34.5 Å². The van der Waals surface area contributed by atoms with Crippen molar-refractivity contribution in [3.05, 3.63) is 109 Å². The minimum Gasteiger partial charge on any atom is -0.506 e. The summed E-state index contributed by atoms with van der Waals surface area (Å²) < 4.78 is 84.3. The fraction of sp³-hybridized carbons (Fsp3) is 0.333. The summed E-state index contributed by atoms with van der Waals surface area (Å²) in [4.78, 5) is 24.9. The van der Waals surface area contributed by atoms with E-state index >= 15 is 0 Å². The lowest BCUT2D eigenvalue weighted by molar-refractivity contribution is -0.118. The molecule has 0 spiro atoms. The van der Waals surface area contributed by atoms with Gasteiger partial charge >= 0.3 is 0 Å². The summed E-state index contributed by atoms with van der Waals surface area (Å²) in [5.74, 6) is -0.610. The first-order valence-corrected chi connectivity index (χ1v) is 26.1. The maximum atomic E-state index is 13.3. The molecule has 19 heteroatoms. The third-order valence-corrected chi connectivity index (χ3v) is 13.0. The van der Waals surface area contributed by atoms with Gasteiger partial charge in [-0.3, -0.25) is 18.7 Å². The molecular weight excluding hydrogens is 941 g/mol. The summed E-state index contributed by atoms with van der Waals surface area (Å²) in [7, 11) is -9.69. The normalized spacial score (nSPS) is 11.8. The molecular formula is C51H58N4O13S2. The molecule has 0 saturated heterocycles. The molecule has 0 unspecified atom stereocenters. The Morgan fingerprint density at radius 1 is 0.600 bits per heavy atom. The summed E-state index contributed by atoms with van der Waals surface area (Å²) in [5.41, 5.74) is 0.0661. The number of nitrogens with one attached hydrogen (secondary N) is 2. The van der Waals surface area contributed by atoms with E-state index in [-0.39, 0.29) is 33.5 Å². The van der Waals surface area contributed by atoms with E-state index < -0.39 is 59.9 Å². The number of rotatable bonds is 27. The molecule has 0 heterocycles. The fourth-order valence-electron chi connectivity index (χ4n) is 7.61.